The molecule has 8 nitrogen and oxygen atoms in total. The van der Waals surface area contributed by atoms with Crippen molar-refractivity contribution in [3.05, 3.63) is 29.3 Å². The zero-order valence-electron chi connectivity index (χ0n) is 16.0. The molecule has 148 valence electrons. The molecule has 0 bridgehead atoms. The Balaban J connectivity index is 1.79. The lowest BCUT2D eigenvalue weighted by molar-refractivity contribution is 0.346. The maximum absolute atomic E-state index is 11.8. The topological polar surface area (TPSA) is 101 Å². The molecule has 1 aliphatic heterocycles. The van der Waals surface area contributed by atoms with Crippen molar-refractivity contribution >= 4 is 16.1 Å². The van der Waals surface area contributed by atoms with Gasteiger partial charge in [-0.15, -0.1) is 0 Å². The van der Waals surface area contributed by atoms with E-state index in [0.717, 1.165) is 50.4 Å². The first-order valence-electron chi connectivity index (χ1n) is 9.46. The number of hydrogen-bond donors (Lipinski definition) is 1. The van der Waals surface area contributed by atoms with Crippen LogP contribution in [0.25, 0.3) is 0 Å². The molecule has 0 saturated carbocycles. The molecule has 1 atom stereocenters. The third-order valence-electron chi connectivity index (χ3n) is 5.59. The minimum Gasteiger partial charge on any atom is -0.340 e. The first-order valence-corrected chi connectivity index (χ1v) is 10.9. The molecular formula is C18H27N5O3S. The van der Waals surface area contributed by atoms with Crippen LogP contribution < -0.4 is 4.90 Å². The summed E-state index contributed by atoms with van der Waals surface area (Å²) in [6, 6.07) is 5.23. The molecule has 1 saturated heterocycles. The Morgan fingerprint density at radius 3 is 2.56 bits per heavy atom. The van der Waals surface area contributed by atoms with E-state index >= 15 is 0 Å². The van der Waals surface area contributed by atoms with Gasteiger partial charge in [0, 0.05) is 19.6 Å². The van der Waals surface area contributed by atoms with Crippen molar-refractivity contribution < 1.29 is 13.0 Å². The molecule has 0 amide bonds. The molecule has 1 N–H and O–H groups in total. The molecule has 3 rings (SSSR count). The third kappa shape index (κ3) is 4.14. The van der Waals surface area contributed by atoms with Gasteiger partial charge in [0.15, 0.2) is 0 Å². The van der Waals surface area contributed by atoms with Gasteiger partial charge in [-0.3, -0.25) is 4.55 Å². The van der Waals surface area contributed by atoms with Crippen LogP contribution in [0, 0.1) is 5.92 Å². The van der Waals surface area contributed by atoms with E-state index in [2.05, 4.69) is 27.3 Å². The molecule has 1 unspecified atom stereocenters. The molecule has 9 heteroatoms. The van der Waals surface area contributed by atoms with E-state index in [1.807, 2.05) is 19.9 Å². The Hall–Kier alpha value is -2.00. The molecule has 1 aromatic heterocycles. The minimum atomic E-state index is -4.24. The lowest BCUT2D eigenvalue weighted by Gasteiger charge is -2.35. The van der Waals surface area contributed by atoms with Crippen molar-refractivity contribution in [2.24, 2.45) is 5.92 Å². The predicted molar refractivity (Wildman–Crippen MR) is 102 cm³/mol. The summed E-state index contributed by atoms with van der Waals surface area (Å²) in [4.78, 5) is 2.21. The first-order chi connectivity index (χ1) is 12.8. The van der Waals surface area contributed by atoms with Crippen molar-refractivity contribution in [1.82, 2.24) is 20.2 Å². The van der Waals surface area contributed by atoms with Gasteiger partial charge in [-0.2, -0.15) is 8.42 Å². The molecule has 1 fully saturated rings. The van der Waals surface area contributed by atoms with Crippen LogP contribution in [0.5, 0.6) is 0 Å². The molecule has 2 heterocycles. The Morgan fingerprint density at radius 2 is 1.96 bits per heavy atom. The number of benzene rings is 1. The Labute approximate surface area is 160 Å². The largest absolute Gasteiger partial charge is 0.340 e. The number of tetrazole rings is 1. The number of rotatable bonds is 6. The highest BCUT2D eigenvalue weighted by atomic mass is 32.2. The quantitative estimate of drug-likeness (QED) is 0.753. The van der Waals surface area contributed by atoms with Gasteiger partial charge in [0.25, 0.3) is 10.1 Å². The number of nitrogens with zero attached hydrogens (tertiary/aromatic N) is 5. The highest BCUT2D eigenvalue weighted by molar-refractivity contribution is 7.85. The van der Waals surface area contributed by atoms with E-state index in [-0.39, 0.29) is 10.8 Å². The van der Waals surface area contributed by atoms with E-state index in [1.54, 1.807) is 10.7 Å². The highest BCUT2D eigenvalue weighted by Gasteiger charge is 2.30. The monoisotopic (exact) mass is 393 g/mol. The van der Waals surface area contributed by atoms with Gasteiger partial charge in [-0.25, -0.2) is 4.68 Å². The number of hydrogen-bond acceptors (Lipinski definition) is 6. The van der Waals surface area contributed by atoms with Crippen molar-refractivity contribution in [1.29, 1.82) is 0 Å². The average Bonchev–Trinajstić information content (AvgIpc) is 3.15. The SMILES string of the molecule is CCc1ccc(S(=O)(=O)O)c(C(C)C2CCN(c3nnnn3CC)CC2)c1. The van der Waals surface area contributed by atoms with Crippen LogP contribution in [-0.2, 0) is 23.1 Å². The summed E-state index contributed by atoms with van der Waals surface area (Å²) in [6.45, 7) is 8.47. The summed E-state index contributed by atoms with van der Waals surface area (Å²) in [5.74, 6) is 1.16. The van der Waals surface area contributed by atoms with Gasteiger partial charge in [0.05, 0.1) is 4.90 Å². The summed E-state index contributed by atoms with van der Waals surface area (Å²) in [6.07, 6.45) is 2.65. The normalized spacial score (nSPS) is 17.3. The smallest absolute Gasteiger partial charge is 0.294 e. The second-order valence-corrected chi connectivity index (χ2v) is 8.50. The van der Waals surface area contributed by atoms with E-state index in [4.69, 9.17) is 0 Å². The summed E-state index contributed by atoms with van der Waals surface area (Å²) in [5.41, 5.74) is 1.79. The maximum atomic E-state index is 11.8. The van der Waals surface area contributed by atoms with Crippen LogP contribution in [0.2, 0.25) is 0 Å². The van der Waals surface area contributed by atoms with Crippen LogP contribution >= 0.6 is 0 Å². The van der Waals surface area contributed by atoms with Crippen LogP contribution in [0.4, 0.5) is 5.95 Å². The molecule has 2 aromatic rings. The summed E-state index contributed by atoms with van der Waals surface area (Å²) in [5, 5.41) is 11.9. The van der Waals surface area contributed by atoms with E-state index in [9.17, 15) is 13.0 Å². The molecule has 1 aliphatic rings. The lowest BCUT2D eigenvalue weighted by Crippen LogP contribution is -2.37. The van der Waals surface area contributed by atoms with E-state index in [0.29, 0.717) is 11.5 Å². The molecule has 1 aromatic carbocycles. The Morgan fingerprint density at radius 1 is 1.26 bits per heavy atom. The molecule has 0 spiro atoms. The second kappa shape index (κ2) is 7.93. The van der Waals surface area contributed by atoms with Crippen molar-refractivity contribution in [2.45, 2.75) is 57.4 Å². The minimum absolute atomic E-state index is 0.0320. The fourth-order valence-corrected chi connectivity index (χ4v) is 4.68. The van der Waals surface area contributed by atoms with E-state index in [1.165, 1.54) is 6.07 Å². The number of piperidine rings is 1. The summed E-state index contributed by atoms with van der Waals surface area (Å²) >= 11 is 0. The zero-order chi connectivity index (χ0) is 19.6. The molecular weight excluding hydrogens is 366 g/mol. The van der Waals surface area contributed by atoms with E-state index < -0.39 is 10.1 Å². The van der Waals surface area contributed by atoms with Crippen LogP contribution in [-0.4, -0.2) is 46.3 Å². The van der Waals surface area contributed by atoms with Crippen molar-refractivity contribution in [2.75, 3.05) is 18.0 Å². The highest BCUT2D eigenvalue weighted by Crippen LogP contribution is 2.36. The van der Waals surface area contributed by atoms with Gasteiger partial charge >= 0.3 is 0 Å². The van der Waals surface area contributed by atoms with Gasteiger partial charge in [-0.05, 0) is 65.6 Å². The third-order valence-corrected chi connectivity index (χ3v) is 6.52. The zero-order valence-corrected chi connectivity index (χ0v) is 16.9. The van der Waals surface area contributed by atoms with Gasteiger partial charge in [-0.1, -0.05) is 31.1 Å². The van der Waals surface area contributed by atoms with Crippen LogP contribution in [0.15, 0.2) is 23.1 Å². The van der Waals surface area contributed by atoms with Crippen LogP contribution in [0.1, 0.15) is 50.7 Å². The van der Waals surface area contributed by atoms with Crippen molar-refractivity contribution in [3.8, 4) is 0 Å². The molecule has 27 heavy (non-hydrogen) atoms. The molecule has 0 radical (unpaired) electrons. The predicted octanol–water partition coefficient (Wildman–Crippen LogP) is 2.52. The summed E-state index contributed by atoms with van der Waals surface area (Å²) in [7, 11) is -4.24. The molecule has 0 aliphatic carbocycles. The first kappa shape index (κ1) is 19.8. The fraction of sp³-hybridized carbons (Fsp3) is 0.611. The van der Waals surface area contributed by atoms with Crippen LogP contribution in [0.3, 0.4) is 0 Å². The number of aryl methyl sites for hydroxylation is 2. The van der Waals surface area contributed by atoms with Gasteiger partial charge in [0.1, 0.15) is 0 Å². The standard InChI is InChI=1S/C18H27N5O3S/c1-4-14-6-7-17(27(24,25)26)16(12-14)13(3)15-8-10-22(11-9-15)18-19-20-21-23(18)5-2/h6-7,12-13,15H,4-5,8-11H2,1-3H3,(H,24,25,26). The van der Waals surface area contributed by atoms with Crippen molar-refractivity contribution in [3.63, 3.8) is 0 Å². The Kier molecular flexibility index (Phi) is 5.81. The Bertz CT molecular complexity index is 888. The number of aromatic nitrogens is 4. The average molecular weight is 394 g/mol. The number of anilines is 1. The second-order valence-electron chi connectivity index (χ2n) is 7.11. The summed E-state index contributed by atoms with van der Waals surface area (Å²) < 4.78 is 35.1. The fourth-order valence-electron chi connectivity index (χ4n) is 3.89. The van der Waals surface area contributed by atoms with Gasteiger partial charge < -0.3 is 4.90 Å². The van der Waals surface area contributed by atoms with Gasteiger partial charge in [0.2, 0.25) is 5.95 Å². The maximum Gasteiger partial charge on any atom is 0.294 e. The lowest BCUT2D eigenvalue weighted by atomic mass is 9.81.